The van der Waals surface area contributed by atoms with E-state index in [4.69, 9.17) is 27.9 Å². The Labute approximate surface area is 303 Å². The Kier molecular flexibility index (Phi) is 4.91. The van der Waals surface area contributed by atoms with Gasteiger partial charge >= 0.3 is 0 Å². The summed E-state index contributed by atoms with van der Waals surface area (Å²) in [6.45, 7) is 0. The average molecular weight is 678 g/mol. The second-order valence-electron chi connectivity index (χ2n) is 12.2. The molecule has 0 atom stereocenters. The molecule has 238 valence electrons. The highest BCUT2D eigenvalue weighted by Crippen LogP contribution is 2.43. The summed E-state index contributed by atoms with van der Waals surface area (Å²) in [6, 6.07) is 34.8. The van der Waals surface area contributed by atoms with Crippen LogP contribution in [0.2, 0.25) is 0 Å². The van der Waals surface area contributed by atoms with Crippen molar-refractivity contribution < 1.29 is 17.1 Å². The molecule has 0 radical (unpaired) electrons. The Morgan fingerprint density at radius 3 is 2.04 bits per heavy atom. The van der Waals surface area contributed by atoms with Crippen LogP contribution >= 0.6 is 11.3 Å². The van der Waals surface area contributed by atoms with Crippen molar-refractivity contribution in [3.63, 3.8) is 0 Å². The summed E-state index contributed by atoms with van der Waals surface area (Å²) in [5.74, 6) is 0.693. The van der Waals surface area contributed by atoms with Gasteiger partial charge in [0, 0.05) is 69.5 Å². The highest BCUT2D eigenvalue weighted by Gasteiger charge is 2.20. The number of hydrogen-bond acceptors (Lipinski definition) is 6. The number of furan rings is 2. The smallest absolute Gasteiger partial charge is 0.165 e. The highest BCUT2D eigenvalue weighted by atomic mass is 32.1. The fourth-order valence-electron chi connectivity index (χ4n) is 6.91. The lowest BCUT2D eigenvalue weighted by Crippen LogP contribution is -2.00. The van der Waals surface area contributed by atoms with E-state index in [1.165, 1.54) is 0 Å². The average Bonchev–Trinajstić information content (AvgIpc) is 3.95. The minimum atomic E-state index is -0.375. The van der Waals surface area contributed by atoms with Crippen molar-refractivity contribution >= 4 is 75.4 Å². The van der Waals surface area contributed by atoms with Crippen molar-refractivity contribution in [3.05, 3.63) is 152 Å². The van der Waals surface area contributed by atoms with Crippen molar-refractivity contribution in [2.24, 2.45) is 0 Å². The standard InChI is InChI=1S/C45H25N3O2S/c1-2-11-26(12-3-1)43-46-44(48-45(47-43)36-20-10-19-35-30-14-5-7-22-39(30)51-42(35)36)27-23-24-29-32-16-9-18-34(41(32)50-38(29)25-27)33-17-8-15-31-28-13-4-6-21-37(28)49-40(31)33/h1-25H/i9D,16D,18D,23D,24D,25D. The van der Waals surface area contributed by atoms with Crippen molar-refractivity contribution in [3.8, 4) is 45.3 Å². The molecule has 0 spiro atoms. The normalized spacial score (nSPS) is 13.6. The van der Waals surface area contributed by atoms with E-state index in [2.05, 4.69) is 18.2 Å². The van der Waals surface area contributed by atoms with E-state index in [-0.39, 0.29) is 75.1 Å². The first-order chi connectivity index (χ1) is 27.8. The quantitative estimate of drug-likeness (QED) is 0.185. The molecule has 4 heterocycles. The Balaban J connectivity index is 1.20. The summed E-state index contributed by atoms with van der Waals surface area (Å²) >= 11 is 1.63. The van der Waals surface area contributed by atoms with Crippen LogP contribution in [-0.2, 0) is 0 Å². The van der Waals surface area contributed by atoms with E-state index in [1.54, 1.807) is 17.4 Å². The number of nitrogens with zero attached hydrogens (tertiary/aromatic N) is 3. The number of para-hydroxylation sites is 3. The molecule has 0 aliphatic heterocycles. The Bertz CT molecular complexity index is 3510. The monoisotopic (exact) mass is 677 g/mol. The van der Waals surface area contributed by atoms with E-state index in [1.807, 2.05) is 91.0 Å². The molecule has 5 nitrogen and oxygen atoms in total. The molecule has 0 saturated heterocycles. The summed E-state index contributed by atoms with van der Waals surface area (Å²) < 4.78 is 70.2. The van der Waals surface area contributed by atoms with E-state index in [0.717, 1.165) is 36.5 Å². The van der Waals surface area contributed by atoms with E-state index < -0.39 is 0 Å². The second-order valence-corrected chi connectivity index (χ2v) is 13.3. The van der Waals surface area contributed by atoms with Crippen molar-refractivity contribution in [2.75, 3.05) is 0 Å². The summed E-state index contributed by atoms with van der Waals surface area (Å²) in [4.78, 5) is 14.7. The number of benzene rings is 7. The number of hydrogen-bond donors (Lipinski definition) is 0. The minimum Gasteiger partial charge on any atom is -0.455 e. The van der Waals surface area contributed by atoms with E-state index in [0.29, 0.717) is 33.9 Å². The number of rotatable bonds is 4. The largest absolute Gasteiger partial charge is 0.455 e. The van der Waals surface area contributed by atoms with Gasteiger partial charge in [-0.3, -0.25) is 0 Å². The lowest BCUT2D eigenvalue weighted by Gasteiger charge is -2.09. The molecular weight excluding hydrogens is 647 g/mol. The maximum Gasteiger partial charge on any atom is 0.165 e. The van der Waals surface area contributed by atoms with Gasteiger partial charge in [0.1, 0.15) is 22.3 Å². The van der Waals surface area contributed by atoms with Crippen LogP contribution in [0.1, 0.15) is 8.22 Å². The topological polar surface area (TPSA) is 65.0 Å². The number of thiophene rings is 1. The summed E-state index contributed by atoms with van der Waals surface area (Å²) in [7, 11) is 0. The molecule has 0 saturated carbocycles. The minimum absolute atomic E-state index is 0.0172. The molecule has 0 fully saturated rings. The fraction of sp³-hybridized carbons (Fsp3) is 0. The van der Waals surface area contributed by atoms with Crippen LogP contribution in [0.3, 0.4) is 0 Å². The SMILES string of the molecule is [2H]c1c([2H])c([2H])c2c(oc3c([2H])c(-c4nc(-c5ccccc5)nc(-c5cccc6c5sc5ccccc56)n4)c([2H])c([2H])c32)c1-c1cccc2c1oc1ccccc12. The fourth-order valence-corrected chi connectivity index (χ4v) is 8.12. The van der Waals surface area contributed by atoms with Crippen LogP contribution in [0.15, 0.2) is 160 Å². The number of fused-ring (bicyclic) bond motifs is 9. The van der Waals surface area contributed by atoms with Gasteiger partial charge in [0.05, 0.1) is 8.22 Å². The van der Waals surface area contributed by atoms with Crippen LogP contribution in [0.25, 0.3) is 109 Å². The molecule has 0 aliphatic carbocycles. The predicted octanol–water partition coefficient (Wildman–Crippen LogP) is 12.7. The second kappa shape index (κ2) is 10.9. The van der Waals surface area contributed by atoms with Gasteiger partial charge in [0.25, 0.3) is 0 Å². The first kappa shape index (κ1) is 22.9. The predicted molar refractivity (Wildman–Crippen MR) is 209 cm³/mol. The molecule has 6 heteroatoms. The van der Waals surface area contributed by atoms with Crippen molar-refractivity contribution in [1.82, 2.24) is 15.0 Å². The zero-order valence-corrected chi connectivity index (χ0v) is 27.4. The van der Waals surface area contributed by atoms with Gasteiger partial charge in [-0.2, -0.15) is 0 Å². The number of aromatic nitrogens is 3. The molecule has 0 amide bonds. The third kappa shape index (κ3) is 4.37. The third-order valence-corrected chi connectivity index (χ3v) is 10.5. The molecule has 0 bridgehead atoms. The van der Waals surface area contributed by atoms with Gasteiger partial charge in [0.15, 0.2) is 17.5 Å². The van der Waals surface area contributed by atoms with Gasteiger partial charge in [-0.15, -0.1) is 11.3 Å². The lowest BCUT2D eigenvalue weighted by molar-refractivity contribution is 0.665. The summed E-state index contributed by atoms with van der Waals surface area (Å²) in [5.41, 5.74) is 3.20. The molecule has 4 aromatic heterocycles. The van der Waals surface area contributed by atoms with Gasteiger partial charge in [-0.25, -0.2) is 15.0 Å². The molecule has 0 aliphatic rings. The highest BCUT2D eigenvalue weighted by molar-refractivity contribution is 7.26. The lowest BCUT2D eigenvalue weighted by atomic mass is 10.00. The van der Waals surface area contributed by atoms with Gasteiger partial charge in [-0.1, -0.05) is 121 Å². The van der Waals surface area contributed by atoms with Crippen LogP contribution in [0.5, 0.6) is 0 Å². The Morgan fingerprint density at radius 2 is 1.14 bits per heavy atom. The van der Waals surface area contributed by atoms with E-state index in [9.17, 15) is 4.11 Å². The molecule has 11 rings (SSSR count). The maximum absolute atomic E-state index is 9.59. The summed E-state index contributed by atoms with van der Waals surface area (Å²) in [6.07, 6.45) is 0. The maximum atomic E-state index is 9.59. The molecule has 7 aromatic carbocycles. The van der Waals surface area contributed by atoms with Crippen molar-refractivity contribution in [1.29, 1.82) is 0 Å². The molecular formula is C45H25N3O2S. The van der Waals surface area contributed by atoms with Crippen LogP contribution in [0, 0.1) is 0 Å². The van der Waals surface area contributed by atoms with Crippen LogP contribution < -0.4 is 0 Å². The molecule has 0 unspecified atom stereocenters. The summed E-state index contributed by atoms with van der Waals surface area (Å²) in [5, 5.41) is 3.96. The zero-order valence-electron chi connectivity index (χ0n) is 32.5. The van der Waals surface area contributed by atoms with E-state index >= 15 is 0 Å². The first-order valence-electron chi connectivity index (χ1n) is 19.4. The zero-order chi connectivity index (χ0) is 38.7. The van der Waals surface area contributed by atoms with Crippen molar-refractivity contribution in [2.45, 2.75) is 0 Å². The first-order valence-corrected chi connectivity index (χ1v) is 17.2. The van der Waals surface area contributed by atoms with Crippen LogP contribution in [0.4, 0.5) is 0 Å². The Morgan fingerprint density at radius 1 is 0.451 bits per heavy atom. The molecule has 11 aromatic rings. The van der Waals surface area contributed by atoms with Gasteiger partial charge in [-0.05, 0) is 30.3 Å². The van der Waals surface area contributed by atoms with Gasteiger partial charge < -0.3 is 8.83 Å². The third-order valence-electron chi connectivity index (χ3n) is 9.27. The molecule has 0 N–H and O–H groups in total. The molecule has 51 heavy (non-hydrogen) atoms. The Hall–Kier alpha value is -6.63. The van der Waals surface area contributed by atoms with Gasteiger partial charge in [0.2, 0.25) is 0 Å². The van der Waals surface area contributed by atoms with Crippen LogP contribution in [-0.4, -0.2) is 15.0 Å².